The third-order valence-electron chi connectivity index (χ3n) is 6.22. The molecule has 0 saturated carbocycles. The van der Waals surface area contributed by atoms with Crippen LogP contribution >= 0.6 is 15.9 Å². The van der Waals surface area contributed by atoms with Crippen LogP contribution in [0.25, 0.3) is 10.8 Å². The lowest BCUT2D eigenvalue weighted by atomic mass is 9.58. The minimum absolute atomic E-state index is 0.692. The highest BCUT2D eigenvalue weighted by molar-refractivity contribution is 9.10. The fourth-order valence-corrected chi connectivity index (χ4v) is 5.89. The number of allylic oxidation sites excluding steroid dienone is 4. The van der Waals surface area contributed by atoms with Crippen LogP contribution in [0.3, 0.4) is 0 Å². The molecule has 2 aromatic rings. The van der Waals surface area contributed by atoms with Gasteiger partial charge in [0.25, 0.3) is 0 Å². The van der Waals surface area contributed by atoms with Crippen molar-refractivity contribution < 1.29 is 0 Å². The molecule has 0 saturated heterocycles. The van der Waals surface area contributed by atoms with E-state index in [-0.39, 0.29) is 0 Å². The van der Waals surface area contributed by atoms with Gasteiger partial charge in [0.1, 0.15) is 0 Å². The Balaban J connectivity index is 1.84. The summed E-state index contributed by atoms with van der Waals surface area (Å²) in [4.78, 5) is 0. The van der Waals surface area contributed by atoms with Crippen LogP contribution in [0, 0.1) is 11.8 Å². The summed E-state index contributed by atoms with van der Waals surface area (Å²) in [7, 11) is 0. The summed E-state index contributed by atoms with van der Waals surface area (Å²) in [6.07, 6.45) is 15.0. The first-order chi connectivity index (χ1) is 11.3. The van der Waals surface area contributed by atoms with Crippen molar-refractivity contribution in [1.82, 2.24) is 0 Å². The third kappa shape index (κ3) is 2.02. The van der Waals surface area contributed by atoms with Crippen LogP contribution in [-0.4, -0.2) is 0 Å². The third-order valence-corrected chi connectivity index (χ3v) is 6.87. The molecule has 0 N–H and O–H groups in total. The lowest BCUT2D eigenvalue weighted by molar-refractivity contribution is 0.279. The molecule has 3 aliphatic rings. The van der Waals surface area contributed by atoms with E-state index < -0.39 is 0 Å². The maximum absolute atomic E-state index is 3.85. The minimum Gasteiger partial charge on any atom is -0.0882 e. The van der Waals surface area contributed by atoms with E-state index in [1.54, 1.807) is 11.1 Å². The van der Waals surface area contributed by atoms with Crippen molar-refractivity contribution in [2.45, 2.75) is 37.5 Å². The minimum atomic E-state index is 0.692. The second-order valence-electron chi connectivity index (χ2n) is 7.29. The Morgan fingerprint density at radius 1 is 0.826 bits per heavy atom. The molecule has 2 aromatic carbocycles. The van der Waals surface area contributed by atoms with Gasteiger partial charge in [0.15, 0.2) is 0 Å². The first-order valence-corrected chi connectivity index (χ1v) is 9.68. The molecule has 0 bridgehead atoms. The second-order valence-corrected chi connectivity index (χ2v) is 8.14. The number of fused-ring (bicyclic) bond motifs is 8. The normalized spacial score (nSPS) is 31.5. The van der Waals surface area contributed by atoms with Crippen LogP contribution in [0.5, 0.6) is 0 Å². The zero-order valence-corrected chi connectivity index (χ0v) is 14.8. The van der Waals surface area contributed by atoms with E-state index in [1.807, 2.05) is 0 Å². The quantitative estimate of drug-likeness (QED) is 0.455. The molecule has 23 heavy (non-hydrogen) atoms. The molecule has 0 heterocycles. The van der Waals surface area contributed by atoms with Crippen molar-refractivity contribution in [2.24, 2.45) is 11.8 Å². The molecule has 4 atom stereocenters. The van der Waals surface area contributed by atoms with Gasteiger partial charge in [0, 0.05) is 4.47 Å². The van der Waals surface area contributed by atoms with Crippen LogP contribution in [-0.2, 0) is 0 Å². The van der Waals surface area contributed by atoms with E-state index in [0.717, 1.165) is 0 Å². The molecular weight excluding hydrogens is 344 g/mol. The molecule has 0 spiro atoms. The summed E-state index contributed by atoms with van der Waals surface area (Å²) in [5.74, 6) is 2.78. The van der Waals surface area contributed by atoms with Gasteiger partial charge >= 0.3 is 0 Å². The van der Waals surface area contributed by atoms with Gasteiger partial charge < -0.3 is 0 Å². The lowest BCUT2D eigenvalue weighted by Gasteiger charge is -2.46. The first kappa shape index (κ1) is 14.0. The highest BCUT2D eigenvalue weighted by atomic mass is 79.9. The van der Waals surface area contributed by atoms with E-state index >= 15 is 0 Å². The van der Waals surface area contributed by atoms with E-state index in [2.05, 4.69) is 70.6 Å². The Morgan fingerprint density at radius 2 is 1.48 bits per heavy atom. The van der Waals surface area contributed by atoms with E-state index in [0.29, 0.717) is 23.7 Å². The summed E-state index contributed by atoms with van der Waals surface area (Å²) in [5, 5.41) is 2.86. The second kappa shape index (κ2) is 5.34. The van der Waals surface area contributed by atoms with Crippen molar-refractivity contribution in [2.75, 3.05) is 0 Å². The fraction of sp³-hybridized carbons (Fsp3) is 0.364. The smallest absolute Gasteiger partial charge is 0.0256 e. The standard InChI is InChI=1S/C22H21Br/c23-21-13-20-16-9-2-1-7-14(16)15-8-3-5-11-18(15)22(20)19-12-6-4-10-17(19)21/h1,3-4,6-8,10,12-16,18H,2,5,9,11H2. The summed E-state index contributed by atoms with van der Waals surface area (Å²) in [6, 6.07) is 11.4. The summed E-state index contributed by atoms with van der Waals surface area (Å²) >= 11 is 3.85. The largest absolute Gasteiger partial charge is 0.0882 e. The zero-order chi connectivity index (χ0) is 15.4. The predicted molar refractivity (Wildman–Crippen MR) is 101 cm³/mol. The molecule has 4 unspecified atom stereocenters. The maximum Gasteiger partial charge on any atom is 0.0256 e. The van der Waals surface area contributed by atoms with Crippen molar-refractivity contribution >= 4 is 26.7 Å². The molecule has 0 amide bonds. The van der Waals surface area contributed by atoms with Gasteiger partial charge in [-0.25, -0.2) is 0 Å². The molecule has 3 aliphatic carbocycles. The molecule has 116 valence electrons. The Bertz CT molecular complexity index is 829. The number of hydrogen-bond acceptors (Lipinski definition) is 0. The van der Waals surface area contributed by atoms with Crippen LogP contribution in [0.1, 0.15) is 48.6 Å². The Labute approximate surface area is 146 Å². The van der Waals surface area contributed by atoms with Gasteiger partial charge in [-0.15, -0.1) is 0 Å². The number of halogens is 1. The van der Waals surface area contributed by atoms with Crippen molar-refractivity contribution in [3.05, 3.63) is 70.2 Å². The molecule has 1 heteroatoms. The van der Waals surface area contributed by atoms with Crippen LogP contribution in [0.15, 0.2) is 59.1 Å². The lowest BCUT2D eigenvalue weighted by Crippen LogP contribution is -2.34. The molecule has 0 radical (unpaired) electrons. The van der Waals surface area contributed by atoms with Crippen LogP contribution < -0.4 is 0 Å². The maximum atomic E-state index is 3.85. The summed E-state index contributed by atoms with van der Waals surface area (Å²) < 4.78 is 1.27. The average Bonchev–Trinajstić information content (AvgIpc) is 2.62. The predicted octanol–water partition coefficient (Wildman–Crippen LogP) is 6.72. The zero-order valence-electron chi connectivity index (χ0n) is 13.2. The van der Waals surface area contributed by atoms with Crippen LogP contribution in [0.2, 0.25) is 0 Å². The number of benzene rings is 2. The molecule has 0 aliphatic heterocycles. The van der Waals surface area contributed by atoms with Crippen LogP contribution in [0.4, 0.5) is 0 Å². The number of hydrogen-bond donors (Lipinski definition) is 0. The van der Waals surface area contributed by atoms with E-state index in [9.17, 15) is 0 Å². The molecule has 0 aromatic heterocycles. The number of rotatable bonds is 0. The van der Waals surface area contributed by atoms with Gasteiger partial charge in [-0.2, -0.15) is 0 Å². The van der Waals surface area contributed by atoms with Gasteiger partial charge in [-0.1, -0.05) is 64.5 Å². The molecular formula is C22H21Br. The monoisotopic (exact) mass is 364 g/mol. The SMILES string of the molecule is Brc1cc2c(c3ccccc13)C1CCC=CC1C1C=CCCC21. The first-order valence-electron chi connectivity index (χ1n) is 8.89. The molecule has 0 nitrogen and oxygen atoms in total. The fourth-order valence-electron chi connectivity index (χ4n) is 5.30. The highest BCUT2D eigenvalue weighted by Crippen LogP contribution is 2.56. The van der Waals surface area contributed by atoms with Crippen molar-refractivity contribution in [1.29, 1.82) is 0 Å². The van der Waals surface area contributed by atoms with Gasteiger partial charge in [0.2, 0.25) is 0 Å². The van der Waals surface area contributed by atoms with Gasteiger partial charge in [0.05, 0.1) is 0 Å². The topological polar surface area (TPSA) is 0 Å². The van der Waals surface area contributed by atoms with Gasteiger partial charge in [-0.3, -0.25) is 0 Å². The van der Waals surface area contributed by atoms with E-state index in [4.69, 9.17) is 0 Å². The van der Waals surface area contributed by atoms with Crippen molar-refractivity contribution in [3.8, 4) is 0 Å². The van der Waals surface area contributed by atoms with Gasteiger partial charge in [-0.05, 0) is 77.3 Å². The van der Waals surface area contributed by atoms with E-state index in [1.165, 1.54) is 40.9 Å². The molecule has 5 rings (SSSR count). The molecule has 0 fully saturated rings. The summed E-state index contributed by atoms with van der Waals surface area (Å²) in [6.45, 7) is 0. The average molecular weight is 365 g/mol. The Hall–Kier alpha value is -1.34. The highest BCUT2D eigenvalue weighted by Gasteiger charge is 2.42. The Kier molecular flexibility index (Phi) is 3.26. The summed E-state index contributed by atoms with van der Waals surface area (Å²) in [5.41, 5.74) is 3.29. The Morgan fingerprint density at radius 3 is 2.26 bits per heavy atom. The van der Waals surface area contributed by atoms with Crippen molar-refractivity contribution in [3.63, 3.8) is 0 Å².